The first-order valence-electron chi connectivity index (χ1n) is 5.95. The number of amides is 1. The van der Waals surface area contributed by atoms with Crippen LogP contribution in [0.15, 0.2) is 54.6 Å². The molecular formula is C15H14N2O. The van der Waals surface area contributed by atoms with Crippen LogP contribution in [0, 0.1) is 0 Å². The molecule has 1 aliphatic rings. The Balaban J connectivity index is 2.04. The summed E-state index contributed by atoms with van der Waals surface area (Å²) in [6, 6.07) is 17.3. The molecule has 18 heavy (non-hydrogen) atoms. The summed E-state index contributed by atoms with van der Waals surface area (Å²) in [5.74, 6) is 0.0694. The molecule has 3 heteroatoms. The molecule has 0 bridgehead atoms. The maximum Gasteiger partial charge on any atom is 0.253 e. The highest BCUT2D eigenvalue weighted by Gasteiger charge is 2.30. The highest BCUT2D eigenvalue weighted by atomic mass is 16.2. The second-order valence-corrected chi connectivity index (χ2v) is 4.40. The molecule has 0 fully saturated rings. The predicted octanol–water partition coefficient (Wildman–Crippen LogP) is 2.82. The molecule has 0 radical (unpaired) electrons. The number of para-hydroxylation sites is 2. The van der Waals surface area contributed by atoms with E-state index in [0.717, 1.165) is 16.9 Å². The molecular weight excluding hydrogens is 224 g/mol. The van der Waals surface area contributed by atoms with Crippen molar-refractivity contribution in [2.45, 2.75) is 6.04 Å². The first-order chi connectivity index (χ1) is 8.77. The van der Waals surface area contributed by atoms with Gasteiger partial charge in [0.1, 0.15) is 6.04 Å². The van der Waals surface area contributed by atoms with Crippen LogP contribution >= 0.6 is 0 Å². The molecule has 1 heterocycles. The lowest BCUT2D eigenvalue weighted by molar-refractivity contribution is -0.119. The number of nitrogens with zero attached hydrogens (tertiary/aromatic N) is 1. The minimum Gasteiger partial charge on any atom is -0.368 e. The number of carbonyl (C=O) groups is 1. The quantitative estimate of drug-likeness (QED) is 0.828. The van der Waals surface area contributed by atoms with Gasteiger partial charge in [-0.3, -0.25) is 4.79 Å². The van der Waals surface area contributed by atoms with E-state index in [-0.39, 0.29) is 11.9 Å². The highest BCUT2D eigenvalue weighted by molar-refractivity contribution is 6.04. The standard InChI is InChI=1S/C15H14N2O/c1-17-13-10-6-5-9-12(13)16-14(15(17)18)11-7-3-2-4-8-11/h2-10,14,16H,1H3. The molecule has 0 saturated heterocycles. The Kier molecular flexibility index (Phi) is 2.52. The monoisotopic (exact) mass is 238 g/mol. The molecule has 2 aromatic rings. The van der Waals surface area contributed by atoms with Crippen LogP contribution in [0.25, 0.3) is 0 Å². The van der Waals surface area contributed by atoms with Gasteiger partial charge >= 0.3 is 0 Å². The summed E-state index contributed by atoms with van der Waals surface area (Å²) in [6.07, 6.45) is 0. The molecule has 0 aliphatic carbocycles. The summed E-state index contributed by atoms with van der Waals surface area (Å²) in [6.45, 7) is 0. The number of hydrogen-bond acceptors (Lipinski definition) is 2. The van der Waals surface area contributed by atoms with E-state index in [4.69, 9.17) is 0 Å². The Morgan fingerprint density at radius 3 is 2.44 bits per heavy atom. The van der Waals surface area contributed by atoms with Crippen molar-refractivity contribution in [3.63, 3.8) is 0 Å². The fraction of sp³-hybridized carbons (Fsp3) is 0.133. The van der Waals surface area contributed by atoms with Crippen molar-refractivity contribution in [1.82, 2.24) is 0 Å². The molecule has 1 atom stereocenters. The summed E-state index contributed by atoms with van der Waals surface area (Å²) >= 11 is 0. The van der Waals surface area contributed by atoms with Crippen LogP contribution in [0.2, 0.25) is 0 Å². The van der Waals surface area contributed by atoms with Gasteiger partial charge in [-0.05, 0) is 17.7 Å². The summed E-state index contributed by atoms with van der Waals surface area (Å²) in [4.78, 5) is 14.1. The van der Waals surface area contributed by atoms with E-state index >= 15 is 0 Å². The van der Waals surface area contributed by atoms with Crippen LogP contribution in [-0.2, 0) is 4.79 Å². The smallest absolute Gasteiger partial charge is 0.253 e. The second kappa shape index (κ2) is 4.18. The van der Waals surface area contributed by atoms with E-state index in [0.29, 0.717) is 0 Å². The zero-order chi connectivity index (χ0) is 12.5. The number of carbonyl (C=O) groups excluding carboxylic acids is 1. The Bertz CT molecular complexity index is 580. The molecule has 0 saturated carbocycles. The van der Waals surface area contributed by atoms with Gasteiger partial charge in [-0.15, -0.1) is 0 Å². The molecule has 1 unspecified atom stereocenters. The van der Waals surface area contributed by atoms with Crippen molar-refractivity contribution in [2.24, 2.45) is 0 Å². The van der Waals surface area contributed by atoms with Gasteiger partial charge in [-0.2, -0.15) is 0 Å². The molecule has 1 amide bonds. The minimum atomic E-state index is -0.300. The van der Waals surface area contributed by atoms with E-state index in [2.05, 4.69) is 5.32 Å². The first-order valence-corrected chi connectivity index (χ1v) is 5.95. The van der Waals surface area contributed by atoms with E-state index in [1.54, 1.807) is 4.90 Å². The molecule has 1 N–H and O–H groups in total. The summed E-state index contributed by atoms with van der Waals surface area (Å²) in [5, 5.41) is 3.30. The lowest BCUT2D eigenvalue weighted by Gasteiger charge is -2.33. The van der Waals surface area contributed by atoms with E-state index in [1.165, 1.54) is 0 Å². The molecule has 3 rings (SSSR count). The average molecular weight is 238 g/mol. The van der Waals surface area contributed by atoms with Gasteiger partial charge in [0.05, 0.1) is 11.4 Å². The van der Waals surface area contributed by atoms with Gasteiger partial charge in [0, 0.05) is 7.05 Å². The Morgan fingerprint density at radius 2 is 1.67 bits per heavy atom. The van der Waals surface area contributed by atoms with Crippen LogP contribution in [0.4, 0.5) is 11.4 Å². The fourth-order valence-electron chi connectivity index (χ4n) is 2.29. The van der Waals surface area contributed by atoms with Crippen LogP contribution in [0.3, 0.4) is 0 Å². The van der Waals surface area contributed by atoms with Crippen LogP contribution < -0.4 is 10.2 Å². The van der Waals surface area contributed by atoms with E-state index < -0.39 is 0 Å². The minimum absolute atomic E-state index is 0.0694. The van der Waals surface area contributed by atoms with Crippen molar-refractivity contribution in [1.29, 1.82) is 0 Å². The molecule has 0 aromatic heterocycles. The lowest BCUT2D eigenvalue weighted by Crippen LogP contribution is -2.39. The van der Waals surface area contributed by atoms with Crippen molar-refractivity contribution < 1.29 is 4.79 Å². The predicted molar refractivity (Wildman–Crippen MR) is 72.7 cm³/mol. The zero-order valence-electron chi connectivity index (χ0n) is 10.1. The zero-order valence-corrected chi connectivity index (χ0v) is 10.1. The SMILES string of the molecule is CN1C(=O)C(c2ccccc2)Nc2ccccc21. The Hall–Kier alpha value is -2.29. The molecule has 2 aromatic carbocycles. The van der Waals surface area contributed by atoms with Crippen LogP contribution in [0.1, 0.15) is 11.6 Å². The number of anilines is 2. The van der Waals surface area contributed by atoms with Crippen LogP contribution in [0.5, 0.6) is 0 Å². The van der Waals surface area contributed by atoms with Gasteiger partial charge in [0.25, 0.3) is 5.91 Å². The maximum atomic E-state index is 12.4. The van der Waals surface area contributed by atoms with Gasteiger partial charge in [0.2, 0.25) is 0 Å². The number of benzene rings is 2. The maximum absolute atomic E-state index is 12.4. The summed E-state index contributed by atoms with van der Waals surface area (Å²) in [7, 11) is 1.82. The first kappa shape index (κ1) is 10.8. The highest BCUT2D eigenvalue weighted by Crippen LogP contribution is 2.35. The number of hydrogen-bond donors (Lipinski definition) is 1. The van der Waals surface area contributed by atoms with Gasteiger partial charge < -0.3 is 10.2 Å². The largest absolute Gasteiger partial charge is 0.368 e. The van der Waals surface area contributed by atoms with E-state index in [9.17, 15) is 4.79 Å². The Morgan fingerprint density at radius 1 is 1.00 bits per heavy atom. The van der Waals surface area contributed by atoms with Crippen LogP contribution in [-0.4, -0.2) is 13.0 Å². The van der Waals surface area contributed by atoms with Gasteiger partial charge in [-0.1, -0.05) is 42.5 Å². The molecule has 90 valence electrons. The molecule has 1 aliphatic heterocycles. The van der Waals surface area contributed by atoms with Crippen molar-refractivity contribution in [3.05, 3.63) is 60.2 Å². The van der Waals surface area contributed by atoms with Gasteiger partial charge in [-0.25, -0.2) is 0 Å². The average Bonchev–Trinajstić information content (AvgIpc) is 2.44. The Labute approximate surface area is 106 Å². The number of nitrogens with one attached hydrogen (secondary N) is 1. The fourth-order valence-corrected chi connectivity index (χ4v) is 2.29. The summed E-state index contributed by atoms with van der Waals surface area (Å²) < 4.78 is 0. The molecule has 3 nitrogen and oxygen atoms in total. The van der Waals surface area contributed by atoms with Gasteiger partial charge in [0.15, 0.2) is 0 Å². The third-order valence-corrected chi connectivity index (χ3v) is 3.28. The van der Waals surface area contributed by atoms with E-state index in [1.807, 2.05) is 61.6 Å². The number of fused-ring (bicyclic) bond motifs is 1. The number of rotatable bonds is 1. The topological polar surface area (TPSA) is 32.3 Å². The van der Waals surface area contributed by atoms with Crippen molar-refractivity contribution in [3.8, 4) is 0 Å². The molecule has 0 spiro atoms. The third kappa shape index (κ3) is 1.64. The van der Waals surface area contributed by atoms with Crippen molar-refractivity contribution in [2.75, 3.05) is 17.3 Å². The normalized spacial score (nSPS) is 18.2. The number of likely N-dealkylation sites (N-methyl/N-ethyl adjacent to an activating group) is 1. The third-order valence-electron chi connectivity index (χ3n) is 3.28. The summed E-state index contributed by atoms with van der Waals surface area (Å²) in [5.41, 5.74) is 2.91. The second-order valence-electron chi connectivity index (χ2n) is 4.40. The van der Waals surface area contributed by atoms with Crippen molar-refractivity contribution >= 4 is 17.3 Å². The lowest BCUT2D eigenvalue weighted by atomic mass is 10.0.